The van der Waals surface area contributed by atoms with E-state index in [0.717, 1.165) is 10.0 Å². The minimum absolute atomic E-state index is 0.0844. The van der Waals surface area contributed by atoms with Gasteiger partial charge >= 0.3 is 0 Å². The van der Waals surface area contributed by atoms with Crippen molar-refractivity contribution in [1.82, 2.24) is 0 Å². The first-order valence-corrected chi connectivity index (χ1v) is 5.49. The van der Waals surface area contributed by atoms with E-state index in [9.17, 15) is 5.11 Å². The van der Waals surface area contributed by atoms with E-state index in [1.807, 2.05) is 31.2 Å². The molecule has 0 amide bonds. The molecule has 78 valence electrons. The van der Waals surface area contributed by atoms with Crippen molar-refractivity contribution in [2.75, 3.05) is 6.61 Å². The molecular formula is C11H15BrO2. The van der Waals surface area contributed by atoms with Crippen molar-refractivity contribution >= 4 is 15.9 Å². The maximum absolute atomic E-state index is 9.88. The lowest BCUT2D eigenvalue weighted by Crippen LogP contribution is -2.10. The molecule has 0 aliphatic carbocycles. The number of hydrogen-bond donors (Lipinski definition) is 2. The fourth-order valence-corrected chi connectivity index (χ4v) is 1.61. The van der Waals surface area contributed by atoms with E-state index in [-0.39, 0.29) is 12.5 Å². The molecule has 0 fully saturated rings. The quantitative estimate of drug-likeness (QED) is 0.872. The average molecular weight is 259 g/mol. The summed E-state index contributed by atoms with van der Waals surface area (Å²) in [4.78, 5) is 0. The molecule has 0 aliphatic heterocycles. The summed E-state index contributed by atoms with van der Waals surface area (Å²) in [6.45, 7) is 2.05. The number of hydrogen-bond acceptors (Lipinski definition) is 2. The van der Waals surface area contributed by atoms with E-state index in [4.69, 9.17) is 5.11 Å². The first kappa shape index (κ1) is 11.7. The zero-order chi connectivity index (χ0) is 10.6. The first-order valence-electron chi connectivity index (χ1n) is 4.69. The van der Waals surface area contributed by atoms with Crippen LogP contribution in [-0.2, 0) is 0 Å². The van der Waals surface area contributed by atoms with Crippen molar-refractivity contribution < 1.29 is 10.2 Å². The lowest BCUT2D eigenvalue weighted by molar-refractivity contribution is 0.0991. The van der Waals surface area contributed by atoms with Crippen molar-refractivity contribution in [1.29, 1.82) is 0 Å². The van der Waals surface area contributed by atoms with Crippen molar-refractivity contribution in [3.05, 3.63) is 34.3 Å². The van der Waals surface area contributed by atoms with E-state index in [1.165, 1.54) is 0 Å². The van der Waals surface area contributed by atoms with Gasteiger partial charge in [-0.2, -0.15) is 0 Å². The van der Waals surface area contributed by atoms with E-state index in [2.05, 4.69) is 15.9 Å². The lowest BCUT2D eigenvalue weighted by atomic mass is 9.95. The number of aliphatic hydroxyl groups is 2. The Bertz CT molecular complexity index is 271. The number of aliphatic hydroxyl groups excluding tert-OH is 2. The Balaban J connectivity index is 2.68. The van der Waals surface area contributed by atoms with Gasteiger partial charge in [-0.25, -0.2) is 0 Å². The van der Waals surface area contributed by atoms with Crippen LogP contribution in [0.5, 0.6) is 0 Å². The summed E-state index contributed by atoms with van der Waals surface area (Å²) < 4.78 is 1.00. The average Bonchev–Trinajstić information content (AvgIpc) is 2.18. The van der Waals surface area contributed by atoms with Crippen LogP contribution in [-0.4, -0.2) is 16.8 Å². The zero-order valence-corrected chi connectivity index (χ0v) is 9.74. The predicted octanol–water partition coefficient (Wildman–Crippen LogP) is 2.50. The minimum Gasteiger partial charge on any atom is -0.396 e. The van der Waals surface area contributed by atoms with Gasteiger partial charge in [-0.3, -0.25) is 0 Å². The third kappa shape index (κ3) is 3.08. The van der Waals surface area contributed by atoms with Gasteiger partial charge in [0.05, 0.1) is 6.10 Å². The molecule has 0 bridgehead atoms. The number of benzene rings is 1. The molecule has 0 aromatic heterocycles. The van der Waals surface area contributed by atoms with E-state index < -0.39 is 6.10 Å². The molecule has 0 heterocycles. The molecule has 0 aliphatic rings. The van der Waals surface area contributed by atoms with Crippen LogP contribution < -0.4 is 0 Å². The van der Waals surface area contributed by atoms with Crippen LogP contribution in [0.4, 0.5) is 0 Å². The molecule has 1 rings (SSSR count). The second-order valence-corrected chi connectivity index (χ2v) is 4.40. The van der Waals surface area contributed by atoms with Gasteiger partial charge in [0, 0.05) is 11.1 Å². The van der Waals surface area contributed by atoms with E-state index >= 15 is 0 Å². The van der Waals surface area contributed by atoms with Gasteiger partial charge in [-0.15, -0.1) is 0 Å². The Labute approximate surface area is 92.7 Å². The molecule has 2 N–H and O–H groups in total. The highest BCUT2D eigenvalue weighted by Gasteiger charge is 2.15. The Morgan fingerprint density at radius 3 is 2.36 bits per heavy atom. The predicted molar refractivity (Wildman–Crippen MR) is 60.0 cm³/mol. The van der Waals surface area contributed by atoms with Gasteiger partial charge < -0.3 is 10.2 Å². The van der Waals surface area contributed by atoms with Crippen LogP contribution in [0.15, 0.2) is 28.7 Å². The Kier molecular flexibility index (Phi) is 4.58. The van der Waals surface area contributed by atoms with Gasteiger partial charge in [0.15, 0.2) is 0 Å². The zero-order valence-electron chi connectivity index (χ0n) is 8.15. The van der Waals surface area contributed by atoms with Crippen molar-refractivity contribution in [3.63, 3.8) is 0 Å². The smallest absolute Gasteiger partial charge is 0.0816 e. The van der Waals surface area contributed by atoms with Crippen LogP contribution in [0.3, 0.4) is 0 Å². The van der Waals surface area contributed by atoms with Crippen LogP contribution in [0, 0.1) is 5.92 Å². The fraction of sp³-hybridized carbons (Fsp3) is 0.455. The molecule has 1 aromatic carbocycles. The summed E-state index contributed by atoms with van der Waals surface area (Å²) in [5.41, 5.74) is 0.897. The van der Waals surface area contributed by atoms with Crippen molar-refractivity contribution in [2.24, 2.45) is 5.92 Å². The van der Waals surface area contributed by atoms with Gasteiger partial charge in [0.25, 0.3) is 0 Å². The highest BCUT2D eigenvalue weighted by molar-refractivity contribution is 9.10. The van der Waals surface area contributed by atoms with Gasteiger partial charge in [0.2, 0.25) is 0 Å². The highest BCUT2D eigenvalue weighted by atomic mass is 79.9. The molecule has 1 aromatic rings. The second-order valence-electron chi connectivity index (χ2n) is 3.49. The normalized spacial score (nSPS) is 15.1. The summed E-state index contributed by atoms with van der Waals surface area (Å²) >= 11 is 3.34. The SMILES string of the molecule is C[C@@H](CCO)[C@H](O)c1ccc(Br)cc1. The maximum atomic E-state index is 9.88. The van der Waals surface area contributed by atoms with Crippen LogP contribution >= 0.6 is 15.9 Å². The minimum atomic E-state index is -0.491. The van der Waals surface area contributed by atoms with E-state index in [1.54, 1.807) is 0 Å². The monoisotopic (exact) mass is 258 g/mol. The first-order chi connectivity index (χ1) is 6.65. The summed E-state index contributed by atoms with van der Waals surface area (Å²) in [5, 5.41) is 18.6. The Morgan fingerprint density at radius 1 is 1.29 bits per heavy atom. The molecule has 0 radical (unpaired) electrons. The largest absolute Gasteiger partial charge is 0.396 e. The van der Waals surface area contributed by atoms with Crippen molar-refractivity contribution in [2.45, 2.75) is 19.4 Å². The van der Waals surface area contributed by atoms with Gasteiger partial charge in [-0.1, -0.05) is 35.0 Å². The van der Waals surface area contributed by atoms with Gasteiger partial charge in [-0.05, 0) is 30.0 Å². The fourth-order valence-electron chi connectivity index (χ4n) is 1.35. The molecule has 2 nitrogen and oxygen atoms in total. The van der Waals surface area contributed by atoms with Crippen molar-refractivity contribution in [3.8, 4) is 0 Å². The van der Waals surface area contributed by atoms with Gasteiger partial charge in [0.1, 0.15) is 0 Å². The molecule has 0 saturated heterocycles. The third-order valence-corrected chi connectivity index (χ3v) is 2.86. The second kappa shape index (κ2) is 5.49. The standard InChI is InChI=1S/C11H15BrO2/c1-8(6-7-13)11(14)9-2-4-10(12)5-3-9/h2-5,8,11,13-14H,6-7H2,1H3/t8-,11-/m0/s1. The summed E-state index contributed by atoms with van der Waals surface area (Å²) in [7, 11) is 0. The molecule has 0 unspecified atom stereocenters. The number of halogens is 1. The molecule has 3 heteroatoms. The van der Waals surface area contributed by atoms with Crippen LogP contribution in [0.1, 0.15) is 25.0 Å². The van der Waals surface area contributed by atoms with Crippen LogP contribution in [0.25, 0.3) is 0 Å². The lowest BCUT2D eigenvalue weighted by Gasteiger charge is -2.18. The summed E-state index contributed by atoms with van der Waals surface area (Å²) in [6, 6.07) is 7.60. The molecule has 14 heavy (non-hydrogen) atoms. The molecule has 0 saturated carbocycles. The molecule has 0 spiro atoms. The van der Waals surface area contributed by atoms with Crippen LogP contribution in [0.2, 0.25) is 0 Å². The summed E-state index contributed by atoms with van der Waals surface area (Å²) in [6.07, 6.45) is 0.132. The Morgan fingerprint density at radius 2 is 1.86 bits per heavy atom. The molecular weight excluding hydrogens is 244 g/mol. The Hall–Kier alpha value is -0.380. The maximum Gasteiger partial charge on any atom is 0.0816 e. The van der Waals surface area contributed by atoms with E-state index in [0.29, 0.717) is 6.42 Å². The highest BCUT2D eigenvalue weighted by Crippen LogP contribution is 2.25. The molecule has 2 atom stereocenters. The number of rotatable bonds is 4. The summed E-state index contributed by atoms with van der Waals surface area (Å²) in [5.74, 6) is 0.0844. The topological polar surface area (TPSA) is 40.5 Å². The third-order valence-electron chi connectivity index (χ3n) is 2.33.